The van der Waals surface area contributed by atoms with E-state index in [9.17, 15) is 14.7 Å². The quantitative estimate of drug-likeness (QED) is 0.578. The molecule has 1 aromatic heterocycles. The van der Waals surface area contributed by atoms with E-state index < -0.39 is 12.0 Å². The lowest BCUT2D eigenvalue weighted by atomic mass is 9.94. The smallest absolute Gasteiger partial charge is 0.326 e. The van der Waals surface area contributed by atoms with Gasteiger partial charge in [-0.05, 0) is 38.3 Å². The van der Waals surface area contributed by atoms with Crippen molar-refractivity contribution >= 4 is 11.9 Å². The molecule has 1 aliphatic heterocycles. The van der Waals surface area contributed by atoms with Gasteiger partial charge in [-0.2, -0.15) is 0 Å². The second-order valence-electron chi connectivity index (χ2n) is 5.49. The van der Waals surface area contributed by atoms with Gasteiger partial charge in [0, 0.05) is 24.7 Å². The summed E-state index contributed by atoms with van der Waals surface area (Å²) < 4.78 is 0. The number of hydrogen-bond acceptors (Lipinski definition) is 4. The van der Waals surface area contributed by atoms with Gasteiger partial charge in [0.25, 0.3) is 0 Å². The number of amides is 1. The molecule has 21 heavy (non-hydrogen) atoms. The average Bonchev–Trinajstić information content (AvgIpc) is 2.98. The fourth-order valence-corrected chi connectivity index (χ4v) is 2.59. The third-order valence-electron chi connectivity index (χ3n) is 3.79. The summed E-state index contributed by atoms with van der Waals surface area (Å²) >= 11 is 0. The lowest BCUT2D eigenvalue weighted by Crippen LogP contribution is -2.42. The van der Waals surface area contributed by atoms with Crippen molar-refractivity contribution in [1.82, 2.24) is 20.6 Å². The Bertz CT molecular complexity index is 455. The van der Waals surface area contributed by atoms with Gasteiger partial charge >= 0.3 is 5.97 Å². The van der Waals surface area contributed by atoms with Crippen molar-refractivity contribution in [2.75, 3.05) is 13.1 Å². The number of aromatic nitrogens is 2. The number of aliphatic carboxylic acids is 1. The number of carbonyl (C=O) groups is 2. The van der Waals surface area contributed by atoms with Gasteiger partial charge in [0.15, 0.2) is 0 Å². The van der Waals surface area contributed by atoms with Crippen LogP contribution in [0.15, 0.2) is 12.5 Å². The summed E-state index contributed by atoms with van der Waals surface area (Å²) in [6, 6.07) is -0.914. The van der Waals surface area contributed by atoms with Gasteiger partial charge in [-0.15, -0.1) is 0 Å². The third kappa shape index (κ3) is 5.18. The van der Waals surface area contributed by atoms with Gasteiger partial charge in [-0.25, -0.2) is 9.78 Å². The van der Waals surface area contributed by atoms with Crippen LogP contribution in [-0.2, 0) is 16.0 Å². The Labute approximate surface area is 123 Å². The van der Waals surface area contributed by atoms with Crippen LogP contribution >= 0.6 is 0 Å². The van der Waals surface area contributed by atoms with E-state index in [1.54, 1.807) is 6.20 Å². The van der Waals surface area contributed by atoms with Crippen molar-refractivity contribution in [3.05, 3.63) is 18.2 Å². The van der Waals surface area contributed by atoms with Gasteiger partial charge in [-0.3, -0.25) is 4.79 Å². The number of piperidine rings is 1. The maximum Gasteiger partial charge on any atom is 0.326 e. The number of nitrogens with one attached hydrogen (secondary N) is 3. The first-order valence-corrected chi connectivity index (χ1v) is 7.35. The molecule has 1 unspecified atom stereocenters. The molecule has 0 bridgehead atoms. The second kappa shape index (κ2) is 7.78. The van der Waals surface area contributed by atoms with Gasteiger partial charge < -0.3 is 20.7 Å². The van der Waals surface area contributed by atoms with Crippen LogP contribution in [0.25, 0.3) is 0 Å². The van der Waals surface area contributed by atoms with Crippen molar-refractivity contribution < 1.29 is 14.7 Å². The van der Waals surface area contributed by atoms with Gasteiger partial charge in [0.2, 0.25) is 5.91 Å². The van der Waals surface area contributed by atoms with Crippen molar-refractivity contribution in [2.24, 2.45) is 5.92 Å². The van der Waals surface area contributed by atoms with Crippen molar-refractivity contribution in [1.29, 1.82) is 0 Å². The fourth-order valence-electron chi connectivity index (χ4n) is 2.59. The number of H-pyrrole nitrogens is 1. The summed E-state index contributed by atoms with van der Waals surface area (Å²) in [4.78, 5) is 29.8. The SMILES string of the molecule is O=C(CCC1CCCNC1)N[C@H](Cc1cnc[nH]1)C(=O)O. The number of imidazole rings is 1. The molecule has 0 radical (unpaired) electrons. The van der Waals surface area contributed by atoms with Crippen LogP contribution in [-0.4, -0.2) is 46.1 Å². The molecule has 2 rings (SSSR count). The Morgan fingerprint density at radius 2 is 2.38 bits per heavy atom. The first-order valence-electron chi connectivity index (χ1n) is 7.35. The molecule has 0 spiro atoms. The van der Waals surface area contributed by atoms with E-state index in [4.69, 9.17) is 0 Å². The summed E-state index contributed by atoms with van der Waals surface area (Å²) in [5.41, 5.74) is 0.694. The first kappa shape index (κ1) is 15.5. The van der Waals surface area contributed by atoms with Gasteiger partial charge in [0.1, 0.15) is 6.04 Å². The summed E-state index contributed by atoms with van der Waals surface area (Å²) in [7, 11) is 0. The van der Waals surface area contributed by atoms with Crippen LogP contribution in [0, 0.1) is 5.92 Å². The lowest BCUT2D eigenvalue weighted by Gasteiger charge is -2.22. The summed E-state index contributed by atoms with van der Waals surface area (Å²) in [5.74, 6) is -0.717. The standard InChI is InChI=1S/C14H22N4O3/c19-13(4-3-10-2-1-5-15-7-10)18-12(14(20)21)6-11-8-16-9-17-11/h8-10,12,15H,1-7H2,(H,16,17)(H,18,19)(H,20,21)/t10?,12-/m1/s1. The van der Waals surface area contributed by atoms with E-state index in [1.165, 1.54) is 6.33 Å². The third-order valence-corrected chi connectivity index (χ3v) is 3.79. The fraction of sp³-hybridized carbons (Fsp3) is 0.643. The molecule has 2 atom stereocenters. The Kier molecular flexibility index (Phi) is 5.74. The minimum atomic E-state index is -1.03. The number of carbonyl (C=O) groups excluding carboxylic acids is 1. The molecular formula is C14H22N4O3. The Morgan fingerprint density at radius 1 is 1.52 bits per heavy atom. The predicted molar refractivity (Wildman–Crippen MR) is 76.7 cm³/mol. The largest absolute Gasteiger partial charge is 0.480 e. The average molecular weight is 294 g/mol. The van der Waals surface area contributed by atoms with Crippen molar-refractivity contribution in [3.8, 4) is 0 Å². The molecule has 1 fully saturated rings. The van der Waals surface area contributed by atoms with Crippen LogP contribution in [0.5, 0.6) is 0 Å². The van der Waals surface area contributed by atoms with E-state index >= 15 is 0 Å². The molecule has 0 aromatic carbocycles. The Balaban J connectivity index is 1.76. The summed E-state index contributed by atoms with van der Waals surface area (Å²) in [5, 5.41) is 15.1. The van der Waals surface area contributed by atoms with Gasteiger partial charge in [0.05, 0.1) is 6.33 Å². The molecule has 7 nitrogen and oxygen atoms in total. The van der Waals surface area contributed by atoms with Crippen LogP contribution in [0.1, 0.15) is 31.4 Å². The number of carboxylic acids is 1. The van der Waals surface area contributed by atoms with Crippen LogP contribution in [0.2, 0.25) is 0 Å². The molecule has 0 saturated carbocycles. The highest BCUT2D eigenvalue weighted by molar-refractivity contribution is 5.83. The maximum atomic E-state index is 11.9. The Morgan fingerprint density at radius 3 is 3.00 bits per heavy atom. The molecule has 1 saturated heterocycles. The number of aromatic amines is 1. The minimum Gasteiger partial charge on any atom is -0.480 e. The Hall–Kier alpha value is -1.89. The molecule has 7 heteroatoms. The molecular weight excluding hydrogens is 272 g/mol. The maximum absolute atomic E-state index is 11.9. The van der Waals surface area contributed by atoms with E-state index in [2.05, 4.69) is 20.6 Å². The second-order valence-corrected chi connectivity index (χ2v) is 5.49. The zero-order chi connectivity index (χ0) is 15.1. The van der Waals surface area contributed by atoms with E-state index in [0.717, 1.165) is 32.4 Å². The minimum absolute atomic E-state index is 0.201. The molecule has 1 aliphatic rings. The van der Waals surface area contributed by atoms with E-state index in [1.807, 2.05) is 0 Å². The zero-order valence-corrected chi connectivity index (χ0v) is 12.0. The molecule has 4 N–H and O–H groups in total. The number of rotatable bonds is 7. The van der Waals surface area contributed by atoms with E-state index in [0.29, 0.717) is 18.0 Å². The van der Waals surface area contributed by atoms with E-state index in [-0.39, 0.29) is 12.3 Å². The highest BCUT2D eigenvalue weighted by Crippen LogP contribution is 2.15. The number of hydrogen-bond donors (Lipinski definition) is 4. The predicted octanol–water partition coefficient (Wildman–Crippen LogP) is 0.301. The normalized spacial score (nSPS) is 19.9. The molecule has 1 aromatic rings. The number of carboxylic acid groups (broad SMARTS) is 1. The van der Waals surface area contributed by atoms with Crippen LogP contribution in [0.3, 0.4) is 0 Å². The van der Waals surface area contributed by atoms with Gasteiger partial charge in [-0.1, -0.05) is 0 Å². The molecule has 2 heterocycles. The first-order chi connectivity index (χ1) is 10.1. The van der Waals surface area contributed by atoms with Crippen molar-refractivity contribution in [2.45, 2.75) is 38.1 Å². The highest BCUT2D eigenvalue weighted by atomic mass is 16.4. The number of nitrogens with zero attached hydrogens (tertiary/aromatic N) is 1. The molecule has 1 amide bonds. The highest BCUT2D eigenvalue weighted by Gasteiger charge is 2.22. The molecule has 116 valence electrons. The summed E-state index contributed by atoms with van der Waals surface area (Å²) in [6.07, 6.45) is 6.73. The van der Waals surface area contributed by atoms with Crippen LogP contribution < -0.4 is 10.6 Å². The topological polar surface area (TPSA) is 107 Å². The molecule has 0 aliphatic carbocycles. The lowest BCUT2D eigenvalue weighted by molar-refractivity contribution is -0.141. The van der Waals surface area contributed by atoms with Crippen molar-refractivity contribution in [3.63, 3.8) is 0 Å². The van der Waals surface area contributed by atoms with Crippen LogP contribution in [0.4, 0.5) is 0 Å². The monoisotopic (exact) mass is 294 g/mol. The summed E-state index contributed by atoms with van der Waals surface area (Å²) in [6.45, 7) is 2.00. The zero-order valence-electron chi connectivity index (χ0n) is 12.0.